The lowest BCUT2D eigenvalue weighted by molar-refractivity contribution is -0.137. The molecule has 0 fully saturated rings. The molecule has 6 nitrogen and oxygen atoms in total. The average molecular weight is 282 g/mol. The lowest BCUT2D eigenvalue weighted by Crippen LogP contribution is -2.31. The van der Waals surface area contributed by atoms with Gasteiger partial charge in [0.2, 0.25) is 5.96 Å². The van der Waals surface area contributed by atoms with Gasteiger partial charge in [-0.1, -0.05) is 11.6 Å². The number of guanidine groups is 1. The largest absolute Gasteiger partial charge is 0.417 e. The van der Waals surface area contributed by atoms with Crippen LogP contribution in [0.4, 0.5) is 19.0 Å². The fourth-order valence-corrected chi connectivity index (χ4v) is 1.13. The Morgan fingerprint density at radius 3 is 2.61 bits per heavy atom. The first-order valence-electron chi connectivity index (χ1n) is 4.31. The fraction of sp³-hybridized carbons (Fsp3) is 0.125. The number of hydrogen-bond donors (Lipinski definition) is 3. The highest BCUT2D eigenvalue weighted by atomic mass is 35.5. The van der Waals surface area contributed by atoms with Crippen LogP contribution < -0.4 is 10.9 Å². The average Bonchev–Trinajstić information content (AvgIpc) is 2.29. The van der Waals surface area contributed by atoms with E-state index >= 15 is 0 Å². The molecule has 0 amide bonds. The molecule has 18 heavy (non-hydrogen) atoms. The number of hydroxylamine groups is 1. The second-order valence-electron chi connectivity index (χ2n) is 2.87. The zero-order chi connectivity index (χ0) is 13.8. The maximum absolute atomic E-state index is 12.3. The van der Waals surface area contributed by atoms with E-state index in [9.17, 15) is 13.2 Å². The SMILES string of the molecule is C=NNC(=Nc1ncc(C(F)(F)F)cc1Cl)NO. The van der Waals surface area contributed by atoms with E-state index in [4.69, 9.17) is 16.8 Å². The van der Waals surface area contributed by atoms with Crippen molar-refractivity contribution in [1.29, 1.82) is 0 Å². The molecule has 0 atom stereocenters. The van der Waals surface area contributed by atoms with Crippen LogP contribution in [0.2, 0.25) is 5.02 Å². The number of rotatable bonds is 2. The van der Waals surface area contributed by atoms with Crippen LogP contribution in [0.5, 0.6) is 0 Å². The lowest BCUT2D eigenvalue weighted by Gasteiger charge is -2.07. The summed E-state index contributed by atoms with van der Waals surface area (Å²) in [5.41, 5.74) is 2.74. The van der Waals surface area contributed by atoms with Gasteiger partial charge in [0.05, 0.1) is 10.6 Å². The number of halogens is 4. The summed E-state index contributed by atoms with van der Waals surface area (Å²) >= 11 is 5.58. The van der Waals surface area contributed by atoms with Crippen molar-refractivity contribution >= 4 is 30.1 Å². The summed E-state index contributed by atoms with van der Waals surface area (Å²) in [5, 5.41) is 11.5. The van der Waals surface area contributed by atoms with Crippen LogP contribution in [0.1, 0.15) is 5.56 Å². The molecule has 0 aliphatic carbocycles. The first kappa shape index (κ1) is 14.2. The standard InChI is InChI=1S/C8H7ClF3N5O/c1-13-16-7(17-18)15-6-5(9)2-4(3-14-6)8(10,11)12/h2-3,18H,1H2,(H2,14,15,16,17). The third kappa shape index (κ3) is 3.57. The lowest BCUT2D eigenvalue weighted by atomic mass is 10.3. The molecule has 3 N–H and O–H groups in total. The number of hydrogen-bond acceptors (Lipinski definition) is 4. The molecule has 0 unspecified atom stereocenters. The highest BCUT2D eigenvalue weighted by Crippen LogP contribution is 2.33. The minimum Gasteiger partial charge on any atom is -0.288 e. The van der Waals surface area contributed by atoms with Crippen LogP contribution in [-0.4, -0.2) is 22.9 Å². The van der Waals surface area contributed by atoms with Crippen molar-refractivity contribution in [3.05, 3.63) is 22.8 Å². The third-order valence-electron chi connectivity index (χ3n) is 1.66. The van der Waals surface area contributed by atoms with E-state index < -0.39 is 11.7 Å². The van der Waals surface area contributed by atoms with Crippen molar-refractivity contribution in [3.8, 4) is 0 Å². The molecule has 0 aliphatic heterocycles. The second-order valence-corrected chi connectivity index (χ2v) is 3.28. The van der Waals surface area contributed by atoms with E-state index in [-0.39, 0.29) is 16.8 Å². The van der Waals surface area contributed by atoms with Crippen LogP contribution in [0.25, 0.3) is 0 Å². The third-order valence-corrected chi connectivity index (χ3v) is 1.94. The highest BCUT2D eigenvalue weighted by Gasteiger charge is 2.31. The Kier molecular flexibility index (Phi) is 4.45. The van der Waals surface area contributed by atoms with Crippen LogP contribution in [-0.2, 0) is 6.18 Å². The van der Waals surface area contributed by atoms with Crippen molar-refractivity contribution in [1.82, 2.24) is 15.9 Å². The van der Waals surface area contributed by atoms with Crippen LogP contribution in [0.3, 0.4) is 0 Å². The van der Waals surface area contributed by atoms with Gasteiger partial charge in [0.1, 0.15) is 0 Å². The number of aromatic nitrogens is 1. The van der Waals surface area contributed by atoms with E-state index in [1.807, 2.05) is 0 Å². The van der Waals surface area contributed by atoms with Gasteiger partial charge in [0.15, 0.2) is 5.82 Å². The molecule has 1 rings (SSSR count). The van der Waals surface area contributed by atoms with Gasteiger partial charge in [-0.2, -0.15) is 23.3 Å². The van der Waals surface area contributed by atoms with Gasteiger partial charge >= 0.3 is 6.18 Å². The number of nitrogens with zero attached hydrogens (tertiary/aromatic N) is 3. The van der Waals surface area contributed by atoms with Crippen LogP contribution in [0.15, 0.2) is 22.4 Å². The summed E-state index contributed by atoms with van der Waals surface area (Å²) in [4.78, 5) is 7.01. The molecule has 0 bridgehead atoms. The Hall–Kier alpha value is -1.87. The van der Waals surface area contributed by atoms with Gasteiger partial charge in [-0.15, -0.1) is 0 Å². The van der Waals surface area contributed by atoms with Crippen LogP contribution in [0, 0.1) is 0 Å². The predicted octanol–water partition coefficient (Wildman–Crippen LogP) is 1.93. The quantitative estimate of drug-likeness (QED) is 0.439. The fourth-order valence-electron chi connectivity index (χ4n) is 0.924. The Balaban J connectivity index is 3.09. The van der Waals surface area contributed by atoms with Gasteiger partial charge in [0.25, 0.3) is 0 Å². The van der Waals surface area contributed by atoms with Crippen molar-refractivity contribution < 1.29 is 18.4 Å². The van der Waals surface area contributed by atoms with Gasteiger partial charge < -0.3 is 0 Å². The number of pyridine rings is 1. The van der Waals surface area contributed by atoms with E-state index in [0.29, 0.717) is 12.3 Å². The number of hydrazone groups is 1. The van der Waals surface area contributed by atoms with Gasteiger partial charge in [-0.05, 0) is 6.07 Å². The number of nitrogens with one attached hydrogen (secondary N) is 2. The molecular weight excluding hydrogens is 275 g/mol. The minimum atomic E-state index is -4.54. The summed E-state index contributed by atoms with van der Waals surface area (Å²) in [6.45, 7) is 3.06. The second kappa shape index (κ2) is 5.65. The van der Waals surface area contributed by atoms with Crippen LogP contribution >= 0.6 is 11.6 Å². The molecule has 0 radical (unpaired) electrons. The molecule has 0 aromatic carbocycles. The molecule has 10 heteroatoms. The molecule has 1 heterocycles. The zero-order valence-corrected chi connectivity index (χ0v) is 9.42. The Bertz CT molecular complexity index is 476. The van der Waals surface area contributed by atoms with Gasteiger partial charge in [0, 0.05) is 12.9 Å². The van der Waals surface area contributed by atoms with E-state index in [0.717, 1.165) is 0 Å². The van der Waals surface area contributed by atoms with E-state index in [1.54, 1.807) is 5.48 Å². The summed E-state index contributed by atoms with van der Waals surface area (Å²) in [6.07, 6.45) is -3.97. The number of alkyl halides is 3. The molecule has 0 aliphatic rings. The Morgan fingerprint density at radius 2 is 2.17 bits per heavy atom. The molecule has 1 aromatic heterocycles. The maximum Gasteiger partial charge on any atom is 0.417 e. The molecule has 98 valence electrons. The summed E-state index contributed by atoms with van der Waals surface area (Å²) in [5.74, 6) is -0.517. The maximum atomic E-state index is 12.3. The molecule has 0 saturated carbocycles. The highest BCUT2D eigenvalue weighted by molar-refractivity contribution is 6.32. The Morgan fingerprint density at radius 1 is 1.50 bits per heavy atom. The molecule has 0 spiro atoms. The smallest absolute Gasteiger partial charge is 0.288 e. The minimum absolute atomic E-state index is 0.225. The summed E-state index contributed by atoms with van der Waals surface area (Å²) in [7, 11) is 0. The molecule has 1 aromatic rings. The van der Waals surface area contributed by atoms with Gasteiger partial charge in [-0.25, -0.2) is 15.9 Å². The molecule has 0 saturated heterocycles. The van der Waals surface area contributed by atoms with E-state index in [2.05, 4.69) is 27.2 Å². The Labute approximate surface area is 104 Å². The first-order chi connectivity index (χ1) is 8.38. The zero-order valence-electron chi connectivity index (χ0n) is 8.66. The topological polar surface area (TPSA) is 81.9 Å². The van der Waals surface area contributed by atoms with Crippen molar-refractivity contribution in [3.63, 3.8) is 0 Å². The van der Waals surface area contributed by atoms with Crippen molar-refractivity contribution in [2.24, 2.45) is 10.1 Å². The predicted molar refractivity (Wildman–Crippen MR) is 59.0 cm³/mol. The monoisotopic (exact) mass is 281 g/mol. The summed E-state index contributed by atoms with van der Waals surface area (Å²) < 4.78 is 37.0. The first-order valence-corrected chi connectivity index (χ1v) is 4.69. The number of aliphatic imine (C=N–C) groups is 1. The van der Waals surface area contributed by atoms with Crippen molar-refractivity contribution in [2.75, 3.05) is 0 Å². The normalized spacial score (nSPS) is 12.2. The van der Waals surface area contributed by atoms with Gasteiger partial charge in [-0.3, -0.25) is 5.21 Å². The van der Waals surface area contributed by atoms with E-state index in [1.165, 1.54) is 0 Å². The molecular formula is C8H7ClF3N5O. The summed E-state index contributed by atoms with van der Waals surface area (Å²) in [6, 6.07) is 0.670. The van der Waals surface area contributed by atoms with Crippen molar-refractivity contribution in [2.45, 2.75) is 6.18 Å².